The molecule has 4 rings (SSSR count). The Bertz CT molecular complexity index is 1090. The van der Waals surface area contributed by atoms with Crippen molar-refractivity contribution in [2.75, 3.05) is 0 Å². The zero-order chi connectivity index (χ0) is 15.3. The van der Waals surface area contributed by atoms with E-state index >= 15 is 0 Å². The van der Waals surface area contributed by atoms with Crippen LogP contribution in [0.1, 0.15) is 0 Å². The van der Waals surface area contributed by atoms with Gasteiger partial charge in [-0.25, -0.2) is 14.2 Å². The molecule has 0 fully saturated rings. The molecule has 0 spiro atoms. The highest BCUT2D eigenvalue weighted by Gasteiger charge is 2.13. The van der Waals surface area contributed by atoms with Crippen LogP contribution in [0.15, 0.2) is 51.7 Å². The number of hydrogen-bond donors (Lipinski definition) is 0. The molecule has 6 heteroatoms. The Labute approximate surface area is 132 Å². The van der Waals surface area contributed by atoms with E-state index in [1.807, 2.05) is 6.07 Å². The molecule has 0 aliphatic carbocycles. The second-order valence-electron chi connectivity index (χ2n) is 4.76. The van der Waals surface area contributed by atoms with Gasteiger partial charge in [-0.2, -0.15) is 0 Å². The number of fused-ring (bicyclic) bond motifs is 2. The van der Waals surface area contributed by atoms with E-state index in [0.29, 0.717) is 21.0 Å². The molecule has 0 saturated heterocycles. The Morgan fingerprint density at radius 2 is 2.00 bits per heavy atom. The third-order valence-electron chi connectivity index (χ3n) is 3.28. The molecule has 3 nitrogen and oxygen atoms in total. The van der Waals surface area contributed by atoms with Crippen molar-refractivity contribution in [2.45, 2.75) is 0 Å². The first kappa shape index (κ1) is 13.4. The molecule has 0 aliphatic heterocycles. The monoisotopic (exact) mass is 331 g/mol. The maximum Gasteiger partial charge on any atom is 0.346 e. The first-order valence-electron chi connectivity index (χ1n) is 6.40. The van der Waals surface area contributed by atoms with Gasteiger partial charge in [0.15, 0.2) is 0 Å². The summed E-state index contributed by atoms with van der Waals surface area (Å²) < 4.78 is 19.3. The van der Waals surface area contributed by atoms with Crippen molar-refractivity contribution in [3.8, 4) is 10.6 Å². The average molecular weight is 332 g/mol. The number of thiazole rings is 1. The molecule has 0 saturated carbocycles. The summed E-state index contributed by atoms with van der Waals surface area (Å²) in [5, 5.41) is 1.79. The van der Waals surface area contributed by atoms with Crippen molar-refractivity contribution in [3.63, 3.8) is 0 Å². The number of benzene rings is 2. The van der Waals surface area contributed by atoms with Crippen LogP contribution >= 0.6 is 22.9 Å². The summed E-state index contributed by atoms with van der Waals surface area (Å²) in [4.78, 5) is 16.6. The summed E-state index contributed by atoms with van der Waals surface area (Å²) in [6, 6.07) is 11.1. The fourth-order valence-corrected chi connectivity index (χ4v) is 3.37. The molecule has 4 aromatic rings. The molecule has 0 N–H and O–H groups in total. The molecular formula is C16H7ClFNO2S. The second-order valence-corrected chi connectivity index (χ2v) is 6.23. The van der Waals surface area contributed by atoms with Crippen LogP contribution in [0.5, 0.6) is 0 Å². The summed E-state index contributed by atoms with van der Waals surface area (Å²) in [7, 11) is 0. The highest BCUT2D eigenvalue weighted by molar-refractivity contribution is 7.21. The predicted molar refractivity (Wildman–Crippen MR) is 86.1 cm³/mol. The van der Waals surface area contributed by atoms with Crippen LogP contribution < -0.4 is 5.63 Å². The van der Waals surface area contributed by atoms with E-state index in [2.05, 4.69) is 4.98 Å². The molecule has 0 atom stereocenters. The van der Waals surface area contributed by atoms with Crippen LogP contribution in [0.3, 0.4) is 0 Å². The van der Waals surface area contributed by atoms with Gasteiger partial charge in [0.2, 0.25) is 0 Å². The van der Waals surface area contributed by atoms with Crippen LogP contribution in [0.2, 0.25) is 5.02 Å². The number of nitrogens with zero attached hydrogens (tertiary/aromatic N) is 1. The molecule has 108 valence electrons. The Morgan fingerprint density at radius 3 is 2.86 bits per heavy atom. The van der Waals surface area contributed by atoms with Gasteiger partial charge in [0.1, 0.15) is 16.4 Å². The summed E-state index contributed by atoms with van der Waals surface area (Å²) in [5.41, 5.74) is 0.767. The SMILES string of the molecule is O=c1oc2cc(F)ccc2cc1-c1nc2cc(Cl)ccc2s1. The lowest BCUT2D eigenvalue weighted by Gasteiger charge is -1.99. The fraction of sp³-hybridized carbons (Fsp3) is 0. The largest absolute Gasteiger partial charge is 0.422 e. The Balaban J connectivity index is 1.97. The zero-order valence-corrected chi connectivity index (χ0v) is 12.5. The van der Waals surface area contributed by atoms with Gasteiger partial charge in [0, 0.05) is 16.5 Å². The van der Waals surface area contributed by atoms with Crippen molar-refractivity contribution in [1.29, 1.82) is 0 Å². The Kier molecular flexibility index (Phi) is 2.99. The van der Waals surface area contributed by atoms with Crippen molar-refractivity contribution in [1.82, 2.24) is 4.98 Å². The molecule has 0 aliphatic rings. The van der Waals surface area contributed by atoms with Gasteiger partial charge >= 0.3 is 5.63 Å². The third-order valence-corrected chi connectivity index (χ3v) is 4.58. The molecule has 22 heavy (non-hydrogen) atoms. The van der Waals surface area contributed by atoms with Gasteiger partial charge in [-0.15, -0.1) is 11.3 Å². The van der Waals surface area contributed by atoms with Crippen molar-refractivity contribution >= 4 is 44.1 Å². The van der Waals surface area contributed by atoms with Crippen molar-refractivity contribution in [2.24, 2.45) is 0 Å². The van der Waals surface area contributed by atoms with Crippen LogP contribution in [-0.4, -0.2) is 4.98 Å². The van der Waals surface area contributed by atoms with Crippen molar-refractivity contribution in [3.05, 3.63) is 63.7 Å². The van der Waals surface area contributed by atoms with Gasteiger partial charge in [0.25, 0.3) is 0 Å². The molecule has 0 unspecified atom stereocenters. The molecule has 2 aromatic carbocycles. The van der Waals surface area contributed by atoms with E-state index in [-0.39, 0.29) is 5.58 Å². The minimum absolute atomic E-state index is 0.220. The normalized spacial score (nSPS) is 11.4. The first-order chi connectivity index (χ1) is 10.6. The maximum absolute atomic E-state index is 13.2. The molecule has 2 aromatic heterocycles. The van der Waals surface area contributed by atoms with E-state index < -0.39 is 11.4 Å². The van der Waals surface area contributed by atoms with Crippen LogP contribution in [0, 0.1) is 5.82 Å². The highest BCUT2D eigenvalue weighted by Crippen LogP contribution is 2.31. The number of rotatable bonds is 1. The van der Waals surface area contributed by atoms with Gasteiger partial charge in [-0.05, 0) is 36.4 Å². The number of halogens is 2. The lowest BCUT2D eigenvalue weighted by Crippen LogP contribution is -2.02. The van der Waals surface area contributed by atoms with E-state index in [4.69, 9.17) is 16.0 Å². The Morgan fingerprint density at radius 1 is 1.14 bits per heavy atom. The van der Waals surface area contributed by atoms with E-state index in [1.165, 1.54) is 23.5 Å². The summed E-state index contributed by atoms with van der Waals surface area (Å²) in [6.45, 7) is 0. The van der Waals surface area contributed by atoms with Crippen molar-refractivity contribution < 1.29 is 8.81 Å². The van der Waals surface area contributed by atoms with Gasteiger partial charge in [0.05, 0.1) is 15.8 Å². The smallest absolute Gasteiger partial charge is 0.346 e. The van der Waals surface area contributed by atoms with Crippen LogP contribution in [0.4, 0.5) is 4.39 Å². The molecule has 0 amide bonds. The topological polar surface area (TPSA) is 43.1 Å². The lowest BCUT2D eigenvalue weighted by molar-refractivity contribution is 0.556. The van der Waals surface area contributed by atoms with Gasteiger partial charge < -0.3 is 4.42 Å². The lowest BCUT2D eigenvalue weighted by atomic mass is 10.2. The summed E-state index contributed by atoms with van der Waals surface area (Å²) in [5.74, 6) is -0.446. The molecule has 2 heterocycles. The standard InChI is InChI=1S/C16H7ClFNO2S/c17-9-2-4-14-12(6-9)19-15(22-14)11-5-8-1-3-10(18)7-13(8)21-16(11)20/h1-7H. The summed E-state index contributed by atoms with van der Waals surface area (Å²) >= 11 is 7.33. The van der Waals surface area contributed by atoms with E-state index in [1.54, 1.807) is 24.3 Å². The third kappa shape index (κ3) is 2.19. The first-order valence-corrected chi connectivity index (χ1v) is 7.59. The fourth-order valence-electron chi connectivity index (χ4n) is 2.25. The van der Waals surface area contributed by atoms with Crippen LogP contribution in [0.25, 0.3) is 31.8 Å². The zero-order valence-electron chi connectivity index (χ0n) is 11.0. The van der Waals surface area contributed by atoms with Crippen LogP contribution in [-0.2, 0) is 0 Å². The van der Waals surface area contributed by atoms with Gasteiger partial charge in [-0.3, -0.25) is 0 Å². The number of aromatic nitrogens is 1. The highest BCUT2D eigenvalue weighted by atomic mass is 35.5. The van der Waals surface area contributed by atoms with E-state index in [0.717, 1.165) is 10.2 Å². The van der Waals surface area contributed by atoms with E-state index in [9.17, 15) is 9.18 Å². The summed E-state index contributed by atoms with van der Waals surface area (Å²) in [6.07, 6.45) is 0. The average Bonchev–Trinajstić information content (AvgIpc) is 2.89. The molecular weight excluding hydrogens is 325 g/mol. The minimum atomic E-state index is -0.539. The second kappa shape index (κ2) is 4.90. The predicted octanol–water partition coefficient (Wildman–Crippen LogP) is 4.86. The number of hydrogen-bond acceptors (Lipinski definition) is 4. The quantitative estimate of drug-likeness (QED) is 0.468. The molecule has 0 bridgehead atoms. The van der Waals surface area contributed by atoms with Gasteiger partial charge in [-0.1, -0.05) is 11.6 Å². The minimum Gasteiger partial charge on any atom is -0.422 e. The Hall–Kier alpha value is -2.24. The molecule has 0 radical (unpaired) electrons. The maximum atomic E-state index is 13.2.